The molecule has 1 amide bonds. The van der Waals surface area contributed by atoms with Crippen LogP contribution in [0.5, 0.6) is 0 Å². The van der Waals surface area contributed by atoms with Crippen molar-refractivity contribution in [1.82, 2.24) is 19.6 Å². The van der Waals surface area contributed by atoms with E-state index in [-0.39, 0.29) is 5.75 Å². The van der Waals surface area contributed by atoms with E-state index < -0.39 is 5.91 Å². The lowest BCUT2D eigenvalue weighted by Crippen LogP contribution is -2.13. The predicted molar refractivity (Wildman–Crippen MR) is 59.8 cm³/mol. The molecule has 2 aromatic rings. The Hall–Kier alpha value is -1.83. The van der Waals surface area contributed by atoms with E-state index in [9.17, 15) is 4.79 Å². The number of carbonyl (C=O) groups excluding carboxylic acids is 1. The molecule has 0 atom stereocenters. The lowest BCUT2D eigenvalue weighted by molar-refractivity contribution is -0.115. The van der Waals surface area contributed by atoms with Crippen molar-refractivity contribution < 1.29 is 4.79 Å². The van der Waals surface area contributed by atoms with E-state index in [0.717, 1.165) is 5.69 Å². The van der Waals surface area contributed by atoms with E-state index in [1.807, 2.05) is 6.92 Å². The number of nitrogens with two attached hydrogens (primary N) is 2. The number of amides is 1. The highest BCUT2D eigenvalue weighted by Crippen LogP contribution is 2.19. The SMILES string of the molecule is Cc1cc2nnc(SCC(N)=O)n2c(N)n1. The summed E-state index contributed by atoms with van der Waals surface area (Å²) in [6.07, 6.45) is 0. The first-order chi connectivity index (χ1) is 7.58. The number of rotatable bonds is 3. The largest absolute Gasteiger partial charge is 0.369 e. The van der Waals surface area contributed by atoms with Crippen LogP contribution in [0.15, 0.2) is 11.2 Å². The zero-order valence-electron chi connectivity index (χ0n) is 8.54. The third-order valence-corrected chi connectivity index (χ3v) is 2.81. The molecule has 2 aromatic heterocycles. The maximum Gasteiger partial charge on any atom is 0.227 e. The van der Waals surface area contributed by atoms with Gasteiger partial charge in [-0.2, -0.15) is 0 Å². The van der Waals surface area contributed by atoms with Crippen molar-refractivity contribution in [2.45, 2.75) is 12.1 Å². The quantitative estimate of drug-likeness (QED) is 0.703. The Labute approximate surface area is 95.2 Å². The maximum atomic E-state index is 10.7. The minimum absolute atomic E-state index is 0.133. The summed E-state index contributed by atoms with van der Waals surface area (Å²) in [6.45, 7) is 1.82. The van der Waals surface area contributed by atoms with E-state index in [2.05, 4.69) is 15.2 Å². The molecule has 16 heavy (non-hydrogen) atoms. The van der Waals surface area contributed by atoms with Crippen LogP contribution in [0, 0.1) is 6.92 Å². The van der Waals surface area contributed by atoms with E-state index in [1.54, 1.807) is 10.5 Å². The van der Waals surface area contributed by atoms with Gasteiger partial charge in [0.05, 0.1) is 5.75 Å². The molecular formula is C8H10N6OS. The molecule has 0 bridgehead atoms. The fraction of sp³-hybridized carbons (Fsp3) is 0.250. The minimum atomic E-state index is -0.416. The molecule has 84 valence electrons. The predicted octanol–water partition coefficient (Wildman–Crippen LogP) is -0.408. The summed E-state index contributed by atoms with van der Waals surface area (Å²) in [5, 5.41) is 8.37. The average molecular weight is 238 g/mol. The minimum Gasteiger partial charge on any atom is -0.369 e. The number of thioether (sulfide) groups is 1. The van der Waals surface area contributed by atoms with Gasteiger partial charge < -0.3 is 11.5 Å². The van der Waals surface area contributed by atoms with Crippen molar-refractivity contribution in [3.8, 4) is 0 Å². The molecule has 0 unspecified atom stereocenters. The Bertz CT molecular complexity index is 551. The molecular weight excluding hydrogens is 228 g/mol. The Kier molecular flexibility index (Phi) is 2.65. The molecule has 0 spiro atoms. The normalized spacial score (nSPS) is 10.8. The fourth-order valence-electron chi connectivity index (χ4n) is 1.27. The van der Waals surface area contributed by atoms with Gasteiger partial charge in [-0.25, -0.2) is 9.38 Å². The highest BCUT2D eigenvalue weighted by Gasteiger charge is 2.11. The summed E-state index contributed by atoms with van der Waals surface area (Å²) in [6, 6.07) is 1.76. The standard InChI is InChI=1S/C8H10N6OS/c1-4-2-6-12-13-8(16-3-5(9)15)14(6)7(10)11-4/h2H,3H2,1H3,(H2,9,15)(H2,10,11). The summed E-state index contributed by atoms with van der Waals surface area (Å²) in [7, 11) is 0. The van der Waals surface area contributed by atoms with Crippen LogP contribution in [0.2, 0.25) is 0 Å². The first-order valence-corrected chi connectivity index (χ1v) is 5.46. The molecule has 0 aliphatic heterocycles. The second-order valence-corrected chi connectivity index (χ2v) is 4.13. The van der Waals surface area contributed by atoms with Crippen LogP contribution < -0.4 is 11.5 Å². The second-order valence-electron chi connectivity index (χ2n) is 3.19. The van der Waals surface area contributed by atoms with E-state index in [4.69, 9.17) is 11.5 Å². The lowest BCUT2D eigenvalue weighted by atomic mass is 10.4. The van der Waals surface area contributed by atoms with Gasteiger partial charge in [0.25, 0.3) is 0 Å². The van der Waals surface area contributed by atoms with Gasteiger partial charge in [0.1, 0.15) is 0 Å². The Morgan fingerprint density at radius 1 is 1.56 bits per heavy atom. The lowest BCUT2D eigenvalue weighted by Gasteiger charge is -2.02. The molecule has 2 heterocycles. The molecule has 4 N–H and O–H groups in total. The molecule has 8 heteroatoms. The number of aryl methyl sites for hydroxylation is 1. The summed E-state index contributed by atoms with van der Waals surface area (Å²) in [5.74, 6) is 0.0149. The molecule has 0 fully saturated rings. The van der Waals surface area contributed by atoms with Crippen LogP contribution >= 0.6 is 11.8 Å². The van der Waals surface area contributed by atoms with Crippen molar-refractivity contribution >= 4 is 29.3 Å². The zero-order chi connectivity index (χ0) is 11.7. The van der Waals surface area contributed by atoms with E-state index in [0.29, 0.717) is 16.8 Å². The first kappa shape index (κ1) is 10.7. The highest BCUT2D eigenvalue weighted by atomic mass is 32.2. The zero-order valence-corrected chi connectivity index (χ0v) is 9.36. The van der Waals surface area contributed by atoms with Crippen molar-refractivity contribution in [2.24, 2.45) is 5.73 Å². The molecule has 2 rings (SSSR count). The molecule has 0 aromatic carbocycles. The summed E-state index contributed by atoms with van der Waals surface area (Å²) >= 11 is 1.18. The van der Waals surface area contributed by atoms with Crippen LogP contribution in [0.25, 0.3) is 5.65 Å². The number of primary amides is 1. The Morgan fingerprint density at radius 3 is 3.00 bits per heavy atom. The fourth-order valence-corrected chi connectivity index (χ4v) is 1.96. The van der Waals surface area contributed by atoms with Crippen molar-refractivity contribution in [3.63, 3.8) is 0 Å². The third kappa shape index (κ3) is 1.91. The number of hydrogen-bond donors (Lipinski definition) is 2. The van der Waals surface area contributed by atoms with E-state index >= 15 is 0 Å². The van der Waals surface area contributed by atoms with Gasteiger partial charge >= 0.3 is 0 Å². The van der Waals surface area contributed by atoms with Gasteiger partial charge in [-0.3, -0.25) is 4.79 Å². The number of nitrogen functional groups attached to an aromatic ring is 1. The highest BCUT2D eigenvalue weighted by molar-refractivity contribution is 7.99. The Morgan fingerprint density at radius 2 is 2.31 bits per heavy atom. The number of aromatic nitrogens is 4. The van der Waals surface area contributed by atoms with Gasteiger partial charge in [-0.05, 0) is 6.92 Å². The number of nitrogens with zero attached hydrogens (tertiary/aromatic N) is 4. The molecule has 0 aliphatic rings. The molecule has 0 radical (unpaired) electrons. The molecule has 0 aliphatic carbocycles. The van der Waals surface area contributed by atoms with Crippen molar-refractivity contribution in [1.29, 1.82) is 0 Å². The van der Waals surface area contributed by atoms with Crippen LogP contribution in [0.1, 0.15) is 5.69 Å². The second kappa shape index (κ2) is 3.97. The number of anilines is 1. The van der Waals surface area contributed by atoms with Crippen LogP contribution in [0.3, 0.4) is 0 Å². The smallest absolute Gasteiger partial charge is 0.227 e. The monoisotopic (exact) mass is 238 g/mol. The molecule has 0 saturated carbocycles. The summed E-state index contributed by atoms with van der Waals surface area (Å²) in [4.78, 5) is 14.8. The average Bonchev–Trinajstić information content (AvgIpc) is 2.57. The van der Waals surface area contributed by atoms with Crippen molar-refractivity contribution in [2.75, 3.05) is 11.5 Å². The van der Waals surface area contributed by atoms with Gasteiger partial charge in [-0.15, -0.1) is 10.2 Å². The van der Waals surface area contributed by atoms with Crippen LogP contribution in [-0.2, 0) is 4.79 Å². The van der Waals surface area contributed by atoms with Gasteiger partial charge in [0.2, 0.25) is 11.9 Å². The molecule has 0 saturated heterocycles. The number of hydrogen-bond acceptors (Lipinski definition) is 6. The van der Waals surface area contributed by atoms with E-state index in [1.165, 1.54) is 11.8 Å². The number of carbonyl (C=O) groups is 1. The van der Waals surface area contributed by atoms with Crippen molar-refractivity contribution in [3.05, 3.63) is 11.8 Å². The number of fused-ring (bicyclic) bond motifs is 1. The van der Waals surface area contributed by atoms with Crippen LogP contribution in [-0.4, -0.2) is 31.2 Å². The summed E-state index contributed by atoms with van der Waals surface area (Å²) in [5.41, 5.74) is 12.2. The Balaban J connectivity index is 2.43. The molecule has 7 nitrogen and oxygen atoms in total. The topological polar surface area (TPSA) is 112 Å². The summed E-state index contributed by atoms with van der Waals surface area (Å²) < 4.78 is 1.58. The van der Waals surface area contributed by atoms with Crippen LogP contribution in [0.4, 0.5) is 5.95 Å². The third-order valence-electron chi connectivity index (χ3n) is 1.86. The maximum absolute atomic E-state index is 10.7. The van der Waals surface area contributed by atoms with Gasteiger partial charge in [-0.1, -0.05) is 11.8 Å². The first-order valence-electron chi connectivity index (χ1n) is 4.47. The van der Waals surface area contributed by atoms with Gasteiger partial charge in [0.15, 0.2) is 10.8 Å². The van der Waals surface area contributed by atoms with Gasteiger partial charge in [0, 0.05) is 11.8 Å².